The number of carboxylic acids is 1. The van der Waals surface area contributed by atoms with Crippen molar-refractivity contribution in [3.63, 3.8) is 0 Å². The van der Waals surface area contributed by atoms with E-state index in [1.54, 1.807) is 7.11 Å². The molecule has 0 aliphatic carbocycles. The number of hydrogen-bond acceptors (Lipinski definition) is 3. The maximum absolute atomic E-state index is 11.0. The monoisotopic (exact) mass is 251 g/mol. The maximum atomic E-state index is 11.0. The molecule has 0 spiro atoms. The SMILES string of the molecule is CCc1ccc(OC)c(C(CC(=O)O)N(C)C)c1. The number of aryl methyl sites for hydroxylation is 1. The quantitative estimate of drug-likeness (QED) is 0.843. The first-order chi connectivity index (χ1) is 8.49. The van der Waals surface area contributed by atoms with Gasteiger partial charge in [0, 0.05) is 11.6 Å². The molecule has 1 N–H and O–H groups in total. The van der Waals surface area contributed by atoms with Crippen LogP contribution in [0.25, 0.3) is 0 Å². The van der Waals surface area contributed by atoms with Crippen molar-refractivity contribution < 1.29 is 14.6 Å². The molecule has 1 aromatic rings. The molecule has 0 fully saturated rings. The summed E-state index contributed by atoms with van der Waals surface area (Å²) in [5, 5.41) is 9.02. The molecule has 0 amide bonds. The summed E-state index contributed by atoms with van der Waals surface area (Å²) in [7, 11) is 5.37. The highest BCUT2D eigenvalue weighted by atomic mass is 16.5. The van der Waals surface area contributed by atoms with Gasteiger partial charge in [0.2, 0.25) is 0 Å². The molecule has 0 saturated carbocycles. The summed E-state index contributed by atoms with van der Waals surface area (Å²) in [6.45, 7) is 2.08. The lowest BCUT2D eigenvalue weighted by molar-refractivity contribution is -0.138. The summed E-state index contributed by atoms with van der Waals surface area (Å²) >= 11 is 0. The first-order valence-electron chi connectivity index (χ1n) is 6.04. The van der Waals surface area contributed by atoms with E-state index in [1.165, 1.54) is 5.56 Å². The molecule has 0 aliphatic rings. The zero-order valence-corrected chi connectivity index (χ0v) is 11.4. The third-order valence-electron chi connectivity index (χ3n) is 3.05. The summed E-state index contributed by atoms with van der Waals surface area (Å²) < 4.78 is 5.34. The van der Waals surface area contributed by atoms with Gasteiger partial charge in [0.15, 0.2) is 0 Å². The van der Waals surface area contributed by atoms with E-state index in [0.717, 1.165) is 17.7 Å². The van der Waals surface area contributed by atoms with Gasteiger partial charge in [-0.15, -0.1) is 0 Å². The van der Waals surface area contributed by atoms with Gasteiger partial charge in [-0.2, -0.15) is 0 Å². The molecule has 1 rings (SSSR count). The Bertz CT molecular complexity index is 416. The van der Waals surface area contributed by atoms with Crippen LogP contribution in [0, 0.1) is 0 Å². The number of benzene rings is 1. The summed E-state index contributed by atoms with van der Waals surface area (Å²) in [6.07, 6.45) is 0.987. The highest BCUT2D eigenvalue weighted by Crippen LogP contribution is 2.31. The number of rotatable bonds is 6. The Kier molecular flexibility index (Phi) is 5.16. The molecule has 4 heteroatoms. The van der Waals surface area contributed by atoms with Crippen molar-refractivity contribution in [1.82, 2.24) is 4.90 Å². The Morgan fingerprint density at radius 1 is 1.44 bits per heavy atom. The summed E-state index contributed by atoms with van der Waals surface area (Å²) in [5.41, 5.74) is 2.12. The van der Waals surface area contributed by atoms with E-state index in [2.05, 4.69) is 6.92 Å². The molecular weight excluding hydrogens is 230 g/mol. The van der Waals surface area contributed by atoms with Crippen molar-refractivity contribution in [2.75, 3.05) is 21.2 Å². The molecule has 1 atom stereocenters. The van der Waals surface area contributed by atoms with Gasteiger partial charge in [0.1, 0.15) is 5.75 Å². The van der Waals surface area contributed by atoms with Crippen LogP contribution in [0.4, 0.5) is 0 Å². The van der Waals surface area contributed by atoms with Crippen molar-refractivity contribution in [3.05, 3.63) is 29.3 Å². The number of methoxy groups -OCH3 is 1. The number of hydrogen-bond donors (Lipinski definition) is 1. The number of ether oxygens (including phenoxy) is 1. The first kappa shape index (κ1) is 14.5. The minimum Gasteiger partial charge on any atom is -0.496 e. The van der Waals surface area contributed by atoms with E-state index in [4.69, 9.17) is 9.84 Å². The van der Waals surface area contributed by atoms with E-state index in [9.17, 15) is 4.79 Å². The van der Waals surface area contributed by atoms with E-state index in [0.29, 0.717) is 0 Å². The number of carboxylic acid groups (broad SMARTS) is 1. The Morgan fingerprint density at radius 3 is 2.56 bits per heavy atom. The van der Waals surface area contributed by atoms with Gasteiger partial charge in [-0.1, -0.05) is 19.1 Å². The molecule has 0 aromatic heterocycles. The number of aliphatic carboxylic acids is 1. The highest BCUT2D eigenvalue weighted by molar-refractivity contribution is 5.68. The Balaban J connectivity index is 3.19. The predicted octanol–water partition coefficient (Wildman–Crippen LogP) is 2.33. The molecule has 1 aromatic carbocycles. The van der Waals surface area contributed by atoms with Gasteiger partial charge in [0.05, 0.1) is 13.5 Å². The van der Waals surface area contributed by atoms with Crippen LogP contribution < -0.4 is 4.74 Å². The Labute approximate surface area is 108 Å². The standard InChI is InChI=1S/C14H21NO3/c1-5-10-6-7-13(18-4)11(8-10)12(15(2)3)9-14(16)17/h6-8,12H,5,9H2,1-4H3,(H,16,17). The summed E-state index contributed by atoms with van der Waals surface area (Å²) in [4.78, 5) is 12.9. The van der Waals surface area contributed by atoms with E-state index >= 15 is 0 Å². The van der Waals surface area contributed by atoms with Crippen molar-refractivity contribution in [3.8, 4) is 5.75 Å². The molecule has 0 aliphatic heterocycles. The van der Waals surface area contributed by atoms with Crippen LogP contribution >= 0.6 is 0 Å². The molecule has 100 valence electrons. The second kappa shape index (κ2) is 6.40. The minimum atomic E-state index is -0.808. The Hall–Kier alpha value is -1.55. The van der Waals surface area contributed by atoms with Crippen LogP contribution in [0.2, 0.25) is 0 Å². The van der Waals surface area contributed by atoms with Crippen molar-refractivity contribution in [2.45, 2.75) is 25.8 Å². The van der Waals surface area contributed by atoms with Gasteiger partial charge in [0.25, 0.3) is 0 Å². The summed E-state index contributed by atoms with van der Waals surface area (Å²) in [5.74, 6) is -0.0650. The fraction of sp³-hybridized carbons (Fsp3) is 0.500. The average Bonchev–Trinajstić information content (AvgIpc) is 2.34. The molecule has 4 nitrogen and oxygen atoms in total. The van der Waals surface area contributed by atoms with Crippen LogP contribution in [0.1, 0.15) is 30.5 Å². The maximum Gasteiger partial charge on any atom is 0.305 e. The molecular formula is C14H21NO3. The van der Waals surface area contributed by atoms with Crippen LogP contribution in [-0.2, 0) is 11.2 Å². The lowest BCUT2D eigenvalue weighted by Gasteiger charge is -2.25. The number of nitrogens with zero attached hydrogens (tertiary/aromatic N) is 1. The van der Waals surface area contributed by atoms with Crippen molar-refractivity contribution >= 4 is 5.97 Å². The van der Waals surface area contributed by atoms with Crippen LogP contribution in [0.5, 0.6) is 5.75 Å². The normalized spacial score (nSPS) is 12.5. The second-order valence-corrected chi connectivity index (χ2v) is 4.51. The van der Waals surface area contributed by atoms with Crippen LogP contribution in [0.3, 0.4) is 0 Å². The Morgan fingerprint density at radius 2 is 2.11 bits per heavy atom. The van der Waals surface area contributed by atoms with E-state index in [1.807, 2.05) is 37.2 Å². The van der Waals surface area contributed by atoms with Crippen molar-refractivity contribution in [2.24, 2.45) is 0 Å². The van der Waals surface area contributed by atoms with Crippen LogP contribution in [0.15, 0.2) is 18.2 Å². The molecule has 0 saturated heterocycles. The van der Waals surface area contributed by atoms with Gasteiger partial charge in [-0.25, -0.2) is 0 Å². The van der Waals surface area contributed by atoms with Gasteiger partial charge in [-0.05, 0) is 32.1 Å². The smallest absolute Gasteiger partial charge is 0.305 e. The third kappa shape index (κ3) is 3.47. The fourth-order valence-electron chi connectivity index (χ4n) is 2.00. The molecule has 1 unspecified atom stereocenters. The second-order valence-electron chi connectivity index (χ2n) is 4.51. The van der Waals surface area contributed by atoms with E-state index in [-0.39, 0.29) is 12.5 Å². The van der Waals surface area contributed by atoms with Gasteiger partial charge >= 0.3 is 5.97 Å². The fourth-order valence-corrected chi connectivity index (χ4v) is 2.00. The van der Waals surface area contributed by atoms with E-state index < -0.39 is 5.97 Å². The lowest BCUT2D eigenvalue weighted by atomic mass is 9.98. The molecule has 0 radical (unpaired) electrons. The van der Waals surface area contributed by atoms with Crippen molar-refractivity contribution in [1.29, 1.82) is 0 Å². The lowest BCUT2D eigenvalue weighted by Crippen LogP contribution is -2.23. The number of carbonyl (C=O) groups is 1. The van der Waals surface area contributed by atoms with Gasteiger partial charge in [-0.3, -0.25) is 4.79 Å². The first-order valence-corrected chi connectivity index (χ1v) is 6.04. The molecule has 0 bridgehead atoms. The zero-order chi connectivity index (χ0) is 13.7. The minimum absolute atomic E-state index is 0.0660. The largest absolute Gasteiger partial charge is 0.496 e. The van der Waals surface area contributed by atoms with Crippen LogP contribution in [-0.4, -0.2) is 37.2 Å². The third-order valence-corrected chi connectivity index (χ3v) is 3.05. The molecule has 0 heterocycles. The predicted molar refractivity (Wildman–Crippen MR) is 71.1 cm³/mol. The summed E-state index contributed by atoms with van der Waals surface area (Å²) in [6, 6.07) is 5.78. The zero-order valence-electron chi connectivity index (χ0n) is 11.4. The van der Waals surface area contributed by atoms with Gasteiger partial charge < -0.3 is 14.7 Å². The average molecular weight is 251 g/mol. The topological polar surface area (TPSA) is 49.8 Å². The highest BCUT2D eigenvalue weighted by Gasteiger charge is 2.21. The molecule has 18 heavy (non-hydrogen) atoms.